The van der Waals surface area contributed by atoms with Gasteiger partial charge in [0.25, 0.3) is 15.9 Å². The lowest BCUT2D eigenvalue weighted by molar-refractivity contribution is 0.0950. The average Bonchev–Trinajstić information content (AvgIpc) is 2.85. The van der Waals surface area contributed by atoms with Crippen LogP contribution in [0.2, 0.25) is 0 Å². The zero-order valence-electron chi connectivity index (χ0n) is 21.3. The molecule has 0 spiro atoms. The minimum Gasteiger partial charge on any atom is -0.348 e. The van der Waals surface area contributed by atoms with E-state index in [4.69, 9.17) is 0 Å². The highest BCUT2D eigenvalue weighted by atomic mass is 32.2. The van der Waals surface area contributed by atoms with Crippen molar-refractivity contribution in [2.24, 2.45) is 0 Å². The standard InChI is InChI=1S/C29H35N3O3S/c1-21-10-11-22(2)27(16-21)31-36(34,35)28-18-26(13-12-23(28)3)29(33)30-19-24-8-7-9-25(17-24)20-32-14-5-4-6-15-32/h7-13,16-18,31H,4-6,14-15,19-20H2,1-3H3,(H,30,33). The molecule has 2 N–H and O–H groups in total. The van der Waals surface area contributed by atoms with Gasteiger partial charge in [0.15, 0.2) is 0 Å². The van der Waals surface area contributed by atoms with Gasteiger partial charge in [0.2, 0.25) is 0 Å². The molecule has 1 amide bonds. The van der Waals surface area contributed by atoms with Crippen molar-refractivity contribution in [1.29, 1.82) is 0 Å². The monoisotopic (exact) mass is 505 g/mol. The van der Waals surface area contributed by atoms with Crippen molar-refractivity contribution >= 4 is 21.6 Å². The summed E-state index contributed by atoms with van der Waals surface area (Å²) in [5.41, 5.74) is 5.48. The summed E-state index contributed by atoms with van der Waals surface area (Å²) in [6, 6.07) is 18.7. The number of nitrogens with zero attached hydrogens (tertiary/aromatic N) is 1. The van der Waals surface area contributed by atoms with E-state index in [0.29, 0.717) is 23.4 Å². The van der Waals surface area contributed by atoms with Crippen LogP contribution >= 0.6 is 0 Å². The van der Waals surface area contributed by atoms with Crippen molar-refractivity contribution in [3.8, 4) is 0 Å². The average molecular weight is 506 g/mol. The fourth-order valence-electron chi connectivity index (χ4n) is 4.57. The molecule has 0 saturated carbocycles. The van der Waals surface area contributed by atoms with Crippen molar-refractivity contribution in [2.75, 3.05) is 17.8 Å². The Morgan fingerprint density at radius 3 is 2.36 bits per heavy atom. The van der Waals surface area contributed by atoms with Crippen LogP contribution < -0.4 is 10.0 Å². The number of likely N-dealkylation sites (tertiary alicyclic amines) is 1. The first-order chi connectivity index (χ1) is 17.2. The first-order valence-corrected chi connectivity index (χ1v) is 14.0. The van der Waals surface area contributed by atoms with Crippen LogP contribution in [0, 0.1) is 20.8 Å². The highest BCUT2D eigenvalue weighted by molar-refractivity contribution is 7.92. The van der Waals surface area contributed by atoms with Gasteiger partial charge in [-0.3, -0.25) is 14.4 Å². The first-order valence-electron chi connectivity index (χ1n) is 12.5. The molecule has 190 valence electrons. The van der Waals surface area contributed by atoms with E-state index < -0.39 is 10.0 Å². The molecule has 0 bridgehead atoms. The molecule has 1 aliphatic rings. The number of carbonyl (C=O) groups is 1. The number of anilines is 1. The summed E-state index contributed by atoms with van der Waals surface area (Å²) in [5.74, 6) is -0.306. The van der Waals surface area contributed by atoms with E-state index in [-0.39, 0.29) is 10.8 Å². The van der Waals surface area contributed by atoms with E-state index >= 15 is 0 Å². The van der Waals surface area contributed by atoms with Crippen LogP contribution in [0.5, 0.6) is 0 Å². The van der Waals surface area contributed by atoms with Crippen LogP contribution in [-0.4, -0.2) is 32.3 Å². The molecule has 0 unspecified atom stereocenters. The summed E-state index contributed by atoms with van der Waals surface area (Å²) in [6.45, 7) is 9.08. The van der Waals surface area contributed by atoms with Crippen molar-refractivity contribution in [1.82, 2.24) is 10.2 Å². The maximum atomic E-state index is 13.2. The Morgan fingerprint density at radius 2 is 1.58 bits per heavy atom. The van der Waals surface area contributed by atoms with Crippen molar-refractivity contribution in [2.45, 2.75) is 58.0 Å². The molecule has 1 aliphatic heterocycles. The molecule has 4 rings (SSSR count). The number of amides is 1. The molecule has 0 aromatic heterocycles. The van der Waals surface area contributed by atoms with E-state index in [1.165, 1.54) is 30.9 Å². The second-order valence-electron chi connectivity index (χ2n) is 9.74. The maximum Gasteiger partial charge on any atom is 0.262 e. The fraction of sp³-hybridized carbons (Fsp3) is 0.345. The first kappa shape index (κ1) is 25.9. The largest absolute Gasteiger partial charge is 0.348 e. The smallest absolute Gasteiger partial charge is 0.262 e. The van der Waals surface area contributed by atoms with Crippen LogP contribution in [-0.2, 0) is 23.1 Å². The number of piperidine rings is 1. The molecular formula is C29H35N3O3S. The number of nitrogens with one attached hydrogen (secondary N) is 2. The Kier molecular flexibility index (Phi) is 8.11. The third kappa shape index (κ3) is 6.53. The topological polar surface area (TPSA) is 78.5 Å². The summed E-state index contributed by atoms with van der Waals surface area (Å²) in [4.78, 5) is 15.5. The summed E-state index contributed by atoms with van der Waals surface area (Å²) >= 11 is 0. The molecule has 36 heavy (non-hydrogen) atoms. The van der Waals surface area contributed by atoms with Crippen LogP contribution in [0.25, 0.3) is 0 Å². The highest BCUT2D eigenvalue weighted by Crippen LogP contribution is 2.24. The number of hydrogen-bond acceptors (Lipinski definition) is 4. The number of carbonyl (C=O) groups excluding carboxylic acids is 1. The fourth-order valence-corrected chi connectivity index (χ4v) is 5.97. The molecule has 3 aromatic carbocycles. The lowest BCUT2D eigenvalue weighted by Gasteiger charge is -2.26. The predicted molar refractivity (Wildman–Crippen MR) is 145 cm³/mol. The van der Waals surface area contributed by atoms with Gasteiger partial charge in [-0.2, -0.15) is 0 Å². The molecule has 1 saturated heterocycles. The van der Waals surface area contributed by atoms with Crippen LogP contribution in [0.1, 0.15) is 57.4 Å². The third-order valence-corrected chi connectivity index (χ3v) is 8.18. The molecule has 3 aromatic rings. The Labute approximate surface area is 214 Å². The summed E-state index contributed by atoms with van der Waals surface area (Å²) in [7, 11) is -3.86. The van der Waals surface area contributed by atoms with E-state index in [1.54, 1.807) is 25.1 Å². The van der Waals surface area contributed by atoms with Gasteiger partial charge in [0, 0.05) is 18.7 Å². The van der Waals surface area contributed by atoms with Gasteiger partial charge in [-0.05, 0) is 92.7 Å². The maximum absolute atomic E-state index is 13.2. The van der Waals surface area contributed by atoms with Gasteiger partial charge in [-0.15, -0.1) is 0 Å². The van der Waals surface area contributed by atoms with Gasteiger partial charge >= 0.3 is 0 Å². The Balaban J connectivity index is 1.44. The summed E-state index contributed by atoms with van der Waals surface area (Å²) in [6.07, 6.45) is 3.82. The number of sulfonamides is 1. The lowest BCUT2D eigenvalue weighted by Crippen LogP contribution is -2.29. The zero-order chi connectivity index (χ0) is 25.7. The van der Waals surface area contributed by atoms with Gasteiger partial charge in [-0.25, -0.2) is 8.42 Å². The molecule has 1 heterocycles. The van der Waals surface area contributed by atoms with E-state index in [1.807, 2.05) is 38.1 Å². The Bertz CT molecular complexity index is 1350. The minimum atomic E-state index is -3.86. The third-order valence-electron chi connectivity index (χ3n) is 6.68. The molecular weight excluding hydrogens is 470 g/mol. The Morgan fingerprint density at radius 1 is 0.861 bits per heavy atom. The summed E-state index contributed by atoms with van der Waals surface area (Å²) < 4.78 is 29.1. The highest BCUT2D eigenvalue weighted by Gasteiger charge is 2.20. The van der Waals surface area contributed by atoms with Crippen LogP contribution in [0.15, 0.2) is 65.6 Å². The predicted octanol–water partition coefficient (Wildman–Crippen LogP) is 5.33. The second kappa shape index (κ2) is 11.3. The van der Waals surface area contributed by atoms with E-state index in [9.17, 15) is 13.2 Å². The molecule has 0 aliphatic carbocycles. The van der Waals surface area contributed by atoms with Gasteiger partial charge in [-0.1, -0.05) is 48.9 Å². The van der Waals surface area contributed by atoms with Crippen molar-refractivity contribution in [3.05, 3.63) is 94.0 Å². The normalized spacial score (nSPS) is 14.4. The van der Waals surface area contributed by atoms with E-state index in [0.717, 1.165) is 36.3 Å². The molecule has 6 nitrogen and oxygen atoms in total. The molecule has 0 radical (unpaired) electrons. The molecule has 1 fully saturated rings. The quantitative estimate of drug-likeness (QED) is 0.434. The number of aryl methyl sites for hydroxylation is 3. The van der Waals surface area contributed by atoms with Gasteiger partial charge < -0.3 is 5.32 Å². The molecule has 0 atom stereocenters. The second-order valence-corrected chi connectivity index (χ2v) is 11.4. The lowest BCUT2D eigenvalue weighted by atomic mass is 10.1. The Hall–Kier alpha value is -3.16. The van der Waals surface area contributed by atoms with Crippen LogP contribution in [0.3, 0.4) is 0 Å². The minimum absolute atomic E-state index is 0.0968. The SMILES string of the molecule is Cc1ccc(C)c(NS(=O)(=O)c2cc(C(=O)NCc3cccc(CN4CCCCC4)c3)ccc2C)c1. The molecule has 7 heteroatoms. The van der Waals surface area contributed by atoms with Crippen molar-refractivity contribution < 1.29 is 13.2 Å². The zero-order valence-corrected chi connectivity index (χ0v) is 22.1. The van der Waals surface area contributed by atoms with Gasteiger partial charge in [0.05, 0.1) is 10.6 Å². The number of hydrogen-bond donors (Lipinski definition) is 2. The summed E-state index contributed by atoms with van der Waals surface area (Å²) in [5, 5.41) is 2.94. The van der Waals surface area contributed by atoms with Crippen LogP contribution in [0.4, 0.5) is 5.69 Å². The number of rotatable bonds is 8. The van der Waals surface area contributed by atoms with Crippen molar-refractivity contribution in [3.63, 3.8) is 0 Å². The number of benzene rings is 3. The van der Waals surface area contributed by atoms with E-state index in [2.05, 4.69) is 27.1 Å². The van der Waals surface area contributed by atoms with Gasteiger partial charge in [0.1, 0.15) is 0 Å².